The van der Waals surface area contributed by atoms with Crippen molar-refractivity contribution in [1.82, 2.24) is 5.32 Å². The molecule has 15 heavy (non-hydrogen) atoms. The number of aliphatic hydroxyl groups is 1. The monoisotopic (exact) mass is 215 g/mol. The summed E-state index contributed by atoms with van der Waals surface area (Å²) in [5, 5.41) is 13.5. The van der Waals surface area contributed by atoms with Crippen LogP contribution in [-0.2, 0) is 4.74 Å². The van der Waals surface area contributed by atoms with E-state index in [1.54, 1.807) is 7.11 Å². The van der Waals surface area contributed by atoms with Crippen LogP contribution in [0.1, 0.15) is 46.0 Å². The van der Waals surface area contributed by atoms with E-state index in [0.29, 0.717) is 6.54 Å². The van der Waals surface area contributed by atoms with E-state index < -0.39 is 5.60 Å². The van der Waals surface area contributed by atoms with Gasteiger partial charge in [0.15, 0.2) is 0 Å². The van der Waals surface area contributed by atoms with Gasteiger partial charge >= 0.3 is 0 Å². The van der Waals surface area contributed by atoms with Crippen molar-refractivity contribution in [3.8, 4) is 0 Å². The standard InChI is InChI=1S/C12H25NO2/c1-11(2,15-3)9-13-10-12(14)7-5-4-6-8-12/h13-14H,4-10H2,1-3H3. The molecule has 3 heteroatoms. The highest BCUT2D eigenvalue weighted by molar-refractivity contribution is 4.85. The Morgan fingerprint density at radius 3 is 2.40 bits per heavy atom. The van der Waals surface area contributed by atoms with Crippen LogP contribution in [-0.4, -0.2) is 36.5 Å². The first kappa shape index (κ1) is 12.9. The molecule has 0 bridgehead atoms. The fourth-order valence-corrected chi connectivity index (χ4v) is 2.06. The van der Waals surface area contributed by atoms with Crippen molar-refractivity contribution in [3.63, 3.8) is 0 Å². The van der Waals surface area contributed by atoms with Gasteiger partial charge in [-0.25, -0.2) is 0 Å². The van der Waals surface area contributed by atoms with Crippen LogP contribution in [0.3, 0.4) is 0 Å². The van der Waals surface area contributed by atoms with E-state index in [4.69, 9.17) is 4.74 Å². The van der Waals surface area contributed by atoms with Gasteiger partial charge in [-0.3, -0.25) is 0 Å². The van der Waals surface area contributed by atoms with Gasteiger partial charge in [-0.05, 0) is 26.7 Å². The van der Waals surface area contributed by atoms with E-state index in [9.17, 15) is 5.11 Å². The lowest BCUT2D eigenvalue weighted by Gasteiger charge is -2.33. The molecule has 1 aliphatic rings. The highest BCUT2D eigenvalue weighted by Gasteiger charge is 2.29. The molecule has 0 radical (unpaired) electrons. The molecule has 2 N–H and O–H groups in total. The molecular formula is C12H25NO2. The molecule has 0 atom stereocenters. The molecule has 1 aliphatic carbocycles. The summed E-state index contributed by atoms with van der Waals surface area (Å²) in [6, 6.07) is 0. The molecular weight excluding hydrogens is 190 g/mol. The van der Waals surface area contributed by atoms with E-state index in [2.05, 4.69) is 5.32 Å². The zero-order valence-corrected chi connectivity index (χ0v) is 10.3. The number of rotatable bonds is 5. The van der Waals surface area contributed by atoms with Crippen molar-refractivity contribution in [2.45, 2.75) is 57.2 Å². The molecule has 0 aromatic carbocycles. The third-order valence-electron chi connectivity index (χ3n) is 3.34. The second-order valence-corrected chi connectivity index (χ2v) is 5.35. The van der Waals surface area contributed by atoms with Gasteiger partial charge in [-0.15, -0.1) is 0 Å². The van der Waals surface area contributed by atoms with E-state index in [0.717, 1.165) is 32.2 Å². The van der Waals surface area contributed by atoms with Crippen LogP contribution in [0.2, 0.25) is 0 Å². The summed E-state index contributed by atoms with van der Waals surface area (Å²) in [6.07, 6.45) is 5.46. The maximum atomic E-state index is 10.2. The van der Waals surface area contributed by atoms with Crippen LogP contribution in [0.5, 0.6) is 0 Å². The Hall–Kier alpha value is -0.120. The van der Waals surface area contributed by atoms with E-state index in [1.165, 1.54) is 6.42 Å². The highest BCUT2D eigenvalue weighted by Crippen LogP contribution is 2.27. The lowest BCUT2D eigenvalue weighted by Crippen LogP contribution is -2.46. The van der Waals surface area contributed by atoms with E-state index in [-0.39, 0.29) is 5.60 Å². The summed E-state index contributed by atoms with van der Waals surface area (Å²) in [4.78, 5) is 0. The zero-order chi connectivity index (χ0) is 11.4. The van der Waals surface area contributed by atoms with Crippen molar-refractivity contribution < 1.29 is 9.84 Å². The molecule has 90 valence electrons. The molecule has 0 heterocycles. The second-order valence-electron chi connectivity index (χ2n) is 5.35. The summed E-state index contributed by atoms with van der Waals surface area (Å²) in [6.45, 7) is 5.57. The quantitative estimate of drug-likeness (QED) is 0.733. The largest absolute Gasteiger partial charge is 0.389 e. The Kier molecular flexibility index (Phi) is 4.56. The predicted molar refractivity (Wildman–Crippen MR) is 62.0 cm³/mol. The van der Waals surface area contributed by atoms with E-state index >= 15 is 0 Å². The molecule has 0 unspecified atom stereocenters. The molecule has 0 spiro atoms. The maximum Gasteiger partial charge on any atom is 0.0771 e. The summed E-state index contributed by atoms with van der Waals surface area (Å²) >= 11 is 0. The van der Waals surface area contributed by atoms with Gasteiger partial charge in [0.2, 0.25) is 0 Å². The van der Waals surface area contributed by atoms with Crippen LogP contribution in [0.4, 0.5) is 0 Å². The highest BCUT2D eigenvalue weighted by atomic mass is 16.5. The number of hydrogen-bond acceptors (Lipinski definition) is 3. The van der Waals surface area contributed by atoms with Crippen LogP contribution < -0.4 is 5.32 Å². The van der Waals surface area contributed by atoms with Crippen LogP contribution >= 0.6 is 0 Å². The minimum Gasteiger partial charge on any atom is -0.389 e. The maximum absolute atomic E-state index is 10.2. The average Bonchev–Trinajstić information content (AvgIpc) is 2.18. The zero-order valence-electron chi connectivity index (χ0n) is 10.3. The van der Waals surface area contributed by atoms with Crippen molar-refractivity contribution in [2.24, 2.45) is 0 Å². The number of hydrogen-bond donors (Lipinski definition) is 2. The fourth-order valence-electron chi connectivity index (χ4n) is 2.06. The minimum atomic E-state index is -0.470. The Morgan fingerprint density at radius 2 is 1.87 bits per heavy atom. The van der Waals surface area contributed by atoms with Crippen molar-refractivity contribution in [2.75, 3.05) is 20.2 Å². The molecule has 3 nitrogen and oxygen atoms in total. The van der Waals surface area contributed by atoms with Crippen LogP contribution in [0.15, 0.2) is 0 Å². The van der Waals surface area contributed by atoms with Crippen LogP contribution in [0, 0.1) is 0 Å². The number of nitrogens with one attached hydrogen (secondary N) is 1. The molecule has 1 fully saturated rings. The van der Waals surface area contributed by atoms with Crippen molar-refractivity contribution >= 4 is 0 Å². The first-order chi connectivity index (χ1) is 6.97. The Labute approximate surface area is 93.2 Å². The molecule has 0 aromatic heterocycles. The summed E-state index contributed by atoms with van der Waals surface area (Å²) in [5.74, 6) is 0. The molecule has 0 aliphatic heterocycles. The van der Waals surface area contributed by atoms with Gasteiger partial charge in [-0.2, -0.15) is 0 Å². The Bertz CT molecular complexity index is 186. The summed E-state index contributed by atoms with van der Waals surface area (Å²) in [7, 11) is 1.72. The third-order valence-corrected chi connectivity index (χ3v) is 3.34. The molecule has 0 saturated heterocycles. The van der Waals surface area contributed by atoms with E-state index in [1.807, 2.05) is 13.8 Å². The van der Waals surface area contributed by atoms with Gasteiger partial charge in [0.05, 0.1) is 11.2 Å². The summed E-state index contributed by atoms with van der Waals surface area (Å²) in [5.41, 5.74) is -0.618. The molecule has 0 amide bonds. The fraction of sp³-hybridized carbons (Fsp3) is 1.00. The Balaban J connectivity index is 2.24. The number of ether oxygens (including phenoxy) is 1. The average molecular weight is 215 g/mol. The first-order valence-electron chi connectivity index (χ1n) is 5.96. The smallest absolute Gasteiger partial charge is 0.0771 e. The second kappa shape index (κ2) is 5.28. The van der Waals surface area contributed by atoms with Gasteiger partial charge in [0.1, 0.15) is 0 Å². The lowest BCUT2D eigenvalue weighted by molar-refractivity contribution is -0.0100. The SMILES string of the molecule is COC(C)(C)CNCC1(O)CCCCC1. The first-order valence-corrected chi connectivity index (χ1v) is 5.96. The molecule has 0 aromatic rings. The summed E-state index contributed by atoms with van der Waals surface area (Å²) < 4.78 is 5.32. The topological polar surface area (TPSA) is 41.5 Å². The minimum absolute atomic E-state index is 0.148. The predicted octanol–water partition coefficient (Wildman–Crippen LogP) is 1.70. The van der Waals surface area contributed by atoms with Crippen molar-refractivity contribution in [3.05, 3.63) is 0 Å². The van der Waals surface area contributed by atoms with Gasteiger partial charge < -0.3 is 15.2 Å². The molecule has 1 saturated carbocycles. The number of methoxy groups -OCH3 is 1. The van der Waals surface area contributed by atoms with Gasteiger partial charge in [-0.1, -0.05) is 19.3 Å². The van der Waals surface area contributed by atoms with Crippen molar-refractivity contribution in [1.29, 1.82) is 0 Å². The lowest BCUT2D eigenvalue weighted by atomic mass is 9.85. The van der Waals surface area contributed by atoms with Gasteiger partial charge in [0, 0.05) is 20.2 Å². The van der Waals surface area contributed by atoms with Crippen LogP contribution in [0.25, 0.3) is 0 Å². The molecule has 1 rings (SSSR count). The third kappa shape index (κ3) is 4.49. The normalized spacial score (nSPS) is 21.6. The van der Waals surface area contributed by atoms with Gasteiger partial charge in [0.25, 0.3) is 0 Å². The Morgan fingerprint density at radius 1 is 1.27 bits per heavy atom.